The summed E-state index contributed by atoms with van der Waals surface area (Å²) in [5.41, 5.74) is 21.5. The summed E-state index contributed by atoms with van der Waals surface area (Å²) in [6.45, 7) is 3.83. The zero-order valence-electron chi connectivity index (χ0n) is 20.2. The third-order valence-electron chi connectivity index (χ3n) is 6.65. The second-order valence-electron chi connectivity index (χ2n) is 8.75. The SMILES string of the molecule is C=C(N)N(C)c1ccc2c(c1)CC(c1c[nH]c3ccc(-c4ccc(N(C)C(N)=NC)cc4)cc13)=N2. The van der Waals surface area contributed by atoms with E-state index in [2.05, 4.69) is 71.3 Å². The summed E-state index contributed by atoms with van der Waals surface area (Å²) < 4.78 is 0. The van der Waals surface area contributed by atoms with Crippen molar-refractivity contribution in [2.45, 2.75) is 6.42 Å². The molecule has 0 amide bonds. The Morgan fingerprint density at radius 1 is 0.943 bits per heavy atom. The molecule has 1 aliphatic heterocycles. The van der Waals surface area contributed by atoms with Crippen molar-refractivity contribution in [3.63, 3.8) is 0 Å². The molecule has 1 aromatic heterocycles. The molecule has 4 aromatic rings. The number of H-pyrrole nitrogens is 1. The standard InChI is InChI=1S/C28H29N7/c1-17(29)34(3)22-10-12-25-20(13-22)15-27(33-25)24-16-32-26-11-7-19(14-23(24)26)18-5-8-21(9-6-18)35(4)28(30)31-2/h5-14,16,32H,1,15,29H2,2-4H3,(H2,30,31). The van der Waals surface area contributed by atoms with Crippen molar-refractivity contribution in [2.24, 2.45) is 21.5 Å². The summed E-state index contributed by atoms with van der Waals surface area (Å²) in [7, 11) is 5.51. The van der Waals surface area contributed by atoms with Crippen molar-refractivity contribution in [3.05, 3.63) is 90.4 Å². The lowest BCUT2D eigenvalue weighted by Gasteiger charge is -2.19. The van der Waals surface area contributed by atoms with Crippen LogP contribution in [0, 0.1) is 0 Å². The highest BCUT2D eigenvalue weighted by Crippen LogP contribution is 2.35. The number of guanidine groups is 1. The molecule has 7 heteroatoms. The molecule has 0 atom stereocenters. The second-order valence-corrected chi connectivity index (χ2v) is 8.75. The fraction of sp³-hybridized carbons (Fsp3) is 0.143. The second kappa shape index (κ2) is 8.68. The molecule has 2 heterocycles. The highest BCUT2D eigenvalue weighted by atomic mass is 15.2. The number of rotatable bonds is 5. The monoisotopic (exact) mass is 463 g/mol. The maximum Gasteiger partial charge on any atom is 0.195 e. The number of anilines is 2. The van der Waals surface area contributed by atoms with Crippen molar-refractivity contribution in [3.8, 4) is 11.1 Å². The molecule has 3 aromatic carbocycles. The molecule has 0 fully saturated rings. The number of nitrogens with one attached hydrogen (secondary N) is 1. The lowest BCUT2D eigenvalue weighted by atomic mass is 9.99. The van der Waals surface area contributed by atoms with Crippen LogP contribution in [0.5, 0.6) is 0 Å². The predicted molar refractivity (Wildman–Crippen MR) is 148 cm³/mol. The Kier molecular flexibility index (Phi) is 5.53. The molecule has 0 saturated carbocycles. The molecule has 7 nitrogen and oxygen atoms in total. The van der Waals surface area contributed by atoms with Crippen molar-refractivity contribution >= 4 is 39.6 Å². The van der Waals surface area contributed by atoms with Crippen molar-refractivity contribution < 1.29 is 0 Å². The van der Waals surface area contributed by atoms with Gasteiger partial charge in [0.15, 0.2) is 5.96 Å². The maximum absolute atomic E-state index is 5.94. The normalized spacial score (nSPS) is 13.0. The lowest BCUT2D eigenvalue weighted by molar-refractivity contribution is 1.07. The van der Waals surface area contributed by atoms with Crippen LogP contribution in [0.3, 0.4) is 0 Å². The first kappa shape index (κ1) is 22.3. The van der Waals surface area contributed by atoms with Gasteiger partial charge in [-0.3, -0.25) is 9.98 Å². The fourth-order valence-electron chi connectivity index (χ4n) is 4.42. The molecular formula is C28H29N7. The van der Waals surface area contributed by atoms with Gasteiger partial charge in [0, 0.05) is 61.6 Å². The van der Waals surface area contributed by atoms with Gasteiger partial charge in [-0.1, -0.05) is 24.8 Å². The van der Waals surface area contributed by atoms with E-state index >= 15 is 0 Å². The van der Waals surface area contributed by atoms with Crippen LogP contribution in [-0.2, 0) is 6.42 Å². The van der Waals surface area contributed by atoms with E-state index in [9.17, 15) is 0 Å². The number of aromatic nitrogens is 1. The van der Waals surface area contributed by atoms with Crippen molar-refractivity contribution in [1.82, 2.24) is 4.98 Å². The molecule has 35 heavy (non-hydrogen) atoms. The third kappa shape index (κ3) is 4.01. The van der Waals surface area contributed by atoms with Crippen LogP contribution in [0.4, 0.5) is 17.1 Å². The Morgan fingerprint density at radius 3 is 2.37 bits per heavy atom. The van der Waals surface area contributed by atoms with Crippen LogP contribution in [-0.4, -0.2) is 37.8 Å². The molecule has 0 aliphatic carbocycles. The molecule has 176 valence electrons. The Bertz CT molecular complexity index is 1490. The van der Waals surface area contributed by atoms with E-state index in [-0.39, 0.29) is 0 Å². The van der Waals surface area contributed by atoms with Crippen LogP contribution in [0.1, 0.15) is 11.1 Å². The summed E-state index contributed by atoms with van der Waals surface area (Å²) in [6, 6.07) is 21.0. The number of fused-ring (bicyclic) bond motifs is 2. The van der Waals surface area contributed by atoms with E-state index in [1.165, 1.54) is 5.56 Å². The van der Waals surface area contributed by atoms with Gasteiger partial charge < -0.3 is 26.3 Å². The average molecular weight is 464 g/mol. The van der Waals surface area contributed by atoms with Gasteiger partial charge in [-0.15, -0.1) is 0 Å². The first-order valence-corrected chi connectivity index (χ1v) is 11.4. The first-order valence-electron chi connectivity index (χ1n) is 11.4. The molecule has 5 rings (SSSR count). The largest absolute Gasteiger partial charge is 0.386 e. The Labute approximate surface area is 205 Å². The van der Waals surface area contributed by atoms with Crippen LogP contribution in [0.2, 0.25) is 0 Å². The minimum absolute atomic E-state index is 0.473. The van der Waals surface area contributed by atoms with E-state index in [1.54, 1.807) is 7.05 Å². The van der Waals surface area contributed by atoms with E-state index in [0.717, 1.165) is 56.8 Å². The number of nitrogens with zero attached hydrogens (tertiary/aromatic N) is 4. The average Bonchev–Trinajstić information content (AvgIpc) is 3.50. The maximum atomic E-state index is 5.94. The summed E-state index contributed by atoms with van der Waals surface area (Å²) in [5.74, 6) is 0.982. The minimum atomic E-state index is 0.473. The number of aromatic amines is 1. The number of benzene rings is 3. The summed E-state index contributed by atoms with van der Waals surface area (Å²) in [4.78, 5) is 16.1. The van der Waals surface area contributed by atoms with Gasteiger partial charge in [0.1, 0.15) is 0 Å². The smallest absolute Gasteiger partial charge is 0.195 e. The van der Waals surface area contributed by atoms with E-state index in [0.29, 0.717) is 11.8 Å². The van der Waals surface area contributed by atoms with E-state index in [1.807, 2.05) is 36.0 Å². The van der Waals surface area contributed by atoms with Crippen LogP contribution < -0.4 is 21.3 Å². The van der Waals surface area contributed by atoms with Crippen LogP contribution >= 0.6 is 0 Å². The molecule has 0 bridgehead atoms. The van der Waals surface area contributed by atoms with Gasteiger partial charge in [-0.05, 0) is 59.2 Å². The molecule has 0 unspecified atom stereocenters. The fourth-order valence-corrected chi connectivity index (χ4v) is 4.42. The number of nitrogens with two attached hydrogens (primary N) is 2. The Morgan fingerprint density at radius 2 is 1.66 bits per heavy atom. The van der Waals surface area contributed by atoms with Crippen molar-refractivity contribution in [1.29, 1.82) is 0 Å². The van der Waals surface area contributed by atoms with Gasteiger partial charge in [0.25, 0.3) is 0 Å². The van der Waals surface area contributed by atoms with Crippen LogP contribution in [0.15, 0.2) is 89.2 Å². The topological polar surface area (TPSA) is 99.0 Å². The molecule has 0 radical (unpaired) electrons. The first-order chi connectivity index (χ1) is 16.9. The lowest BCUT2D eigenvalue weighted by Crippen LogP contribution is -2.33. The Hall–Kier alpha value is -4.52. The van der Waals surface area contributed by atoms with Gasteiger partial charge in [-0.2, -0.15) is 0 Å². The van der Waals surface area contributed by atoms with Gasteiger partial charge in [-0.25, -0.2) is 0 Å². The van der Waals surface area contributed by atoms with Crippen molar-refractivity contribution in [2.75, 3.05) is 30.9 Å². The zero-order chi connectivity index (χ0) is 24.7. The molecule has 0 spiro atoms. The van der Waals surface area contributed by atoms with E-state index < -0.39 is 0 Å². The van der Waals surface area contributed by atoms with Gasteiger partial charge >= 0.3 is 0 Å². The number of hydrogen-bond donors (Lipinski definition) is 3. The highest BCUT2D eigenvalue weighted by molar-refractivity contribution is 6.15. The molecule has 0 saturated heterocycles. The highest BCUT2D eigenvalue weighted by Gasteiger charge is 2.20. The summed E-state index contributed by atoms with van der Waals surface area (Å²) in [6.07, 6.45) is 2.82. The van der Waals surface area contributed by atoms with Gasteiger partial charge in [0.05, 0.1) is 17.2 Å². The molecule has 1 aliphatic rings. The van der Waals surface area contributed by atoms with Gasteiger partial charge in [0.2, 0.25) is 0 Å². The predicted octanol–water partition coefficient (Wildman–Crippen LogP) is 4.76. The quantitative estimate of drug-likeness (QED) is 0.294. The minimum Gasteiger partial charge on any atom is -0.386 e. The van der Waals surface area contributed by atoms with E-state index in [4.69, 9.17) is 16.5 Å². The number of hydrogen-bond acceptors (Lipinski definition) is 4. The molecular weight excluding hydrogens is 434 g/mol. The number of aliphatic imine (C=N–C) groups is 2. The molecule has 5 N–H and O–H groups in total. The summed E-state index contributed by atoms with van der Waals surface area (Å²) >= 11 is 0. The van der Waals surface area contributed by atoms with Crippen LogP contribution in [0.25, 0.3) is 22.0 Å². The summed E-state index contributed by atoms with van der Waals surface area (Å²) in [5, 5.41) is 1.16. The Balaban J connectivity index is 1.45. The zero-order valence-corrected chi connectivity index (χ0v) is 20.2. The third-order valence-corrected chi connectivity index (χ3v) is 6.65.